The molecule has 126 valence electrons. The summed E-state index contributed by atoms with van der Waals surface area (Å²) in [6, 6.07) is 16.4. The molecule has 0 aliphatic carbocycles. The van der Waals surface area contributed by atoms with Gasteiger partial charge in [-0.25, -0.2) is 4.98 Å². The van der Waals surface area contributed by atoms with Gasteiger partial charge in [0.2, 0.25) is 0 Å². The highest BCUT2D eigenvalue weighted by Gasteiger charge is 2.14. The van der Waals surface area contributed by atoms with E-state index in [-0.39, 0.29) is 17.5 Å². The molecule has 25 heavy (non-hydrogen) atoms. The summed E-state index contributed by atoms with van der Waals surface area (Å²) < 4.78 is 0. The maximum atomic E-state index is 12.4. The molecule has 1 aromatic heterocycles. The molecule has 7 heteroatoms. The van der Waals surface area contributed by atoms with E-state index < -0.39 is 0 Å². The van der Waals surface area contributed by atoms with E-state index >= 15 is 0 Å². The molecule has 3 rings (SSSR count). The molecule has 2 aromatic carbocycles. The normalized spacial score (nSPS) is 10.3. The van der Waals surface area contributed by atoms with E-state index in [4.69, 9.17) is 0 Å². The first kappa shape index (κ1) is 17.2. The van der Waals surface area contributed by atoms with Crippen LogP contribution in [0.2, 0.25) is 0 Å². The van der Waals surface area contributed by atoms with Crippen LogP contribution >= 0.6 is 23.1 Å². The number of amides is 2. The number of thiazole rings is 1. The smallest absolute Gasteiger partial charge is 0.275 e. The number of aromatic nitrogens is 1. The van der Waals surface area contributed by atoms with Crippen molar-refractivity contribution in [3.05, 3.63) is 71.2 Å². The molecule has 0 atom stereocenters. The Morgan fingerprint density at radius 2 is 1.68 bits per heavy atom. The first-order valence-electron chi connectivity index (χ1n) is 7.43. The molecule has 0 saturated heterocycles. The zero-order valence-electron chi connectivity index (χ0n) is 13.4. The van der Waals surface area contributed by atoms with Crippen molar-refractivity contribution in [3.8, 4) is 0 Å². The topological polar surface area (TPSA) is 71.1 Å². The first-order valence-corrected chi connectivity index (χ1v) is 9.54. The predicted octanol–water partition coefficient (Wildman–Crippen LogP) is 4.37. The quantitative estimate of drug-likeness (QED) is 0.655. The van der Waals surface area contributed by atoms with Crippen LogP contribution in [0, 0.1) is 0 Å². The molecule has 0 spiro atoms. The van der Waals surface area contributed by atoms with Crippen LogP contribution in [0.3, 0.4) is 0 Å². The molecule has 5 nitrogen and oxygen atoms in total. The first-order chi connectivity index (χ1) is 12.2. The Kier molecular flexibility index (Phi) is 5.47. The van der Waals surface area contributed by atoms with E-state index in [1.165, 1.54) is 11.3 Å². The molecule has 0 bridgehead atoms. The number of thioether (sulfide) groups is 1. The Morgan fingerprint density at radius 3 is 2.44 bits per heavy atom. The zero-order valence-corrected chi connectivity index (χ0v) is 15.0. The molecule has 0 aliphatic rings. The minimum atomic E-state index is -0.307. The van der Waals surface area contributed by atoms with Crippen molar-refractivity contribution in [3.63, 3.8) is 0 Å². The van der Waals surface area contributed by atoms with Crippen LogP contribution in [0.4, 0.5) is 10.8 Å². The molecule has 2 N–H and O–H groups in total. The Morgan fingerprint density at radius 1 is 0.960 bits per heavy atom. The molecule has 1 heterocycles. The van der Waals surface area contributed by atoms with Crippen molar-refractivity contribution in [1.29, 1.82) is 0 Å². The average Bonchev–Trinajstić information content (AvgIpc) is 3.11. The molecule has 0 unspecified atom stereocenters. The van der Waals surface area contributed by atoms with Crippen molar-refractivity contribution in [2.45, 2.75) is 4.90 Å². The van der Waals surface area contributed by atoms with Gasteiger partial charge in [0, 0.05) is 15.8 Å². The highest BCUT2D eigenvalue weighted by Crippen LogP contribution is 2.25. The van der Waals surface area contributed by atoms with Crippen molar-refractivity contribution in [1.82, 2.24) is 4.98 Å². The number of carbonyl (C=O) groups is 2. The Bertz CT molecular complexity index is 894. The number of para-hydroxylation sites is 1. The van der Waals surface area contributed by atoms with E-state index in [2.05, 4.69) is 15.6 Å². The van der Waals surface area contributed by atoms with Gasteiger partial charge >= 0.3 is 0 Å². The number of benzene rings is 2. The van der Waals surface area contributed by atoms with E-state index in [1.54, 1.807) is 41.4 Å². The number of nitrogens with zero attached hydrogens (tertiary/aromatic N) is 1. The molecule has 0 fully saturated rings. The lowest BCUT2D eigenvalue weighted by atomic mass is 10.2. The third-order valence-corrected chi connectivity index (χ3v) is 4.90. The summed E-state index contributed by atoms with van der Waals surface area (Å²) in [5, 5.41) is 7.56. The summed E-state index contributed by atoms with van der Waals surface area (Å²) in [6.07, 6.45) is 1.95. The van der Waals surface area contributed by atoms with Crippen LogP contribution < -0.4 is 10.6 Å². The number of hydrogen-bond acceptors (Lipinski definition) is 5. The third-order valence-electron chi connectivity index (χ3n) is 3.35. The Labute approximate surface area is 153 Å². The van der Waals surface area contributed by atoms with Gasteiger partial charge in [0.25, 0.3) is 11.8 Å². The maximum absolute atomic E-state index is 12.4. The van der Waals surface area contributed by atoms with Gasteiger partial charge in [-0.1, -0.05) is 30.3 Å². The summed E-state index contributed by atoms with van der Waals surface area (Å²) in [4.78, 5) is 29.7. The van der Waals surface area contributed by atoms with Gasteiger partial charge in [-0.05, 0) is 30.5 Å². The number of anilines is 2. The predicted molar refractivity (Wildman–Crippen MR) is 103 cm³/mol. The zero-order chi connectivity index (χ0) is 17.6. The number of carbonyl (C=O) groups excluding carboxylic acids is 2. The summed E-state index contributed by atoms with van der Waals surface area (Å²) in [5.74, 6) is -0.562. The fourth-order valence-electron chi connectivity index (χ4n) is 2.13. The fourth-order valence-corrected chi connectivity index (χ4v) is 3.37. The Hall–Kier alpha value is -2.64. The van der Waals surface area contributed by atoms with Crippen molar-refractivity contribution >= 4 is 45.7 Å². The second kappa shape index (κ2) is 7.96. The minimum Gasteiger partial charge on any atom is -0.320 e. The SMILES string of the molecule is CSc1ccccc1NC(=O)c1csc(NC(=O)c2ccccc2)n1. The van der Waals surface area contributed by atoms with Crippen LogP contribution in [0.15, 0.2) is 64.9 Å². The van der Waals surface area contributed by atoms with E-state index in [0.717, 1.165) is 10.6 Å². The lowest BCUT2D eigenvalue weighted by molar-refractivity contribution is 0.101. The van der Waals surface area contributed by atoms with Gasteiger partial charge in [0.15, 0.2) is 5.13 Å². The molecule has 0 saturated carbocycles. The number of rotatable bonds is 5. The fraction of sp³-hybridized carbons (Fsp3) is 0.0556. The maximum Gasteiger partial charge on any atom is 0.275 e. The van der Waals surface area contributed by atoms with E-state index in [0.29, 0.717) is 10.7 Å². The van der Waals surface area contributed by atoms with Gasteiger partial charge in [0.1, 0.15) is 5.69 Å². The highest BCUT2D eigenvalue weighted by molar-refractivity contribution is 7.98. The number of hydrogen-bond donors (Lipinski definition) is 2. The van der Waals surface area contributed by atoms with Crippen LogP contribution in [-0.4, -0.2) is 23.1 Å². The summed E-state index contributed by atoms with van der Waals surface area (Å²) in [5.41, 5.74) is 1.55. The van der Waals surface area contributed by atoms with Gasteiger partial charge in [0.05, 0.1) is 5.69 Å². The van der Waals surface area contributed by atoms with Gasteiger partial charge in [-0.15, -0.1) is 23.1 Å². The molecule has 3 aromatic rings. The minimum absolute atomic E-state index is 0.255. The van der Waals surface area contributed by atoms with Gasteiger partial charge < -0.3 is 5.32 Å². The van der Waals surface area contributed by atoms with Gasteiger partial charge in [-0.3, -0.25) is 14.9 Å². The van der Waals surface area contributed by atoms with Crippen LogP contribution in [-0.2, 0) is 0 Å². The molecule has 0 radical (unpaired) electrons. The monoisotopic (exact) mass is 369 g/mol. The standard InChI is InChI=1S/C18H15N3O2S2/c1-24-15-10-6-5-9-13(15)19-17(23)14-11-25-18(20-14)21-16(22)12-7-3-2-4-8-12/h2-11H,1H3,(H,19,23)(H,20,21,22). The lowest BCUT2D eigenvalue weighted by Crippen LogP contribution is -2.14. The summed E-state index contributed by atoms with van der Waals surface area (Å²) >= 11 is 2.77. The number of nitrogens with one attached hydrogen (secondary N) is 2. The van der Waals surface area contributed by atoms with Crippen molar-refractivity contribution in [2.24, 2.45) is 0 Å². The highest BCUT2D eigenvalue weighted by atomic mass is 32.2. The third kappa shape index (κ3) is 4.26. The molecular weight excluding hydrogens is 354 g/mol. The van der Waals surface area contributed by atoms with Crippen molar-refractivity contribution < 1.29 is 9.59 Å². The second-order valence-electron chi connectivity index (χ2n) is 5.01. The molecule has 0 aliphatic heterocycles. The van der Waals surface area contributed by atoms with Crippen LogP contribution in [0.1, 0.15) is 20.8 Å². The molecular formula is C18H15N3O2S2. The van der Waals surface area contributed by atoms with E-state index in [9.17, 15) is 9.59 Å². The summed E-state index contributed by atoms with van der Waals surface area (Å²) in [7, 11) is 0. The second-order valence-corrected chi connectivity index (χ2v) is 6.72. The largest absolute Gasteiger partial charge is 0.320 e. The average molecular weight is 369 g/mol. The van der Waals surface area contributed by atoms with Gasteiger partial charge in [-0.2, -0.15) is 0 Å². The lowest BCUT2D eigenvalue weighted by Gasteiger charge is -2.07. The van der Waals surface area contributed by atoms with E-state index in [1.807, 2.05) is 36.6 Å². The summed E-state index contributed by atoms with van der Waals surface area (Å²) in [6.45, 7) is 0. The molecule has 2 amide bonds. The Balaban J connectivity index is 1.68. The van der Waals surface area contributed by atoms with Crippen LogP contribution in [0.25, 0.3) is 0 Å². The van der Waals surface area contributed by atoms with Crippen molar-refractivity contribution in [2.75, 3.05) is 16.9 Å². The van der Waals surface area contributed by atoms with Crippen LogP contribution in [0.5, 0.6) is 0 Å².